The second-order valence-electron chi connectivity index (χ2n) is 7.67. The highest BCUT2D eigenvalue weighted by atomic mass is 79.9. The van der Waals surface area contributed by atoms with Gasteiger partial charge in [0.15, 0.2) is 0 Å². The molecule has 0 radical (unpaired) electrons. The van der Waals surface area contributed by atoms with Crippen molar-refractivity contribution in [3.8, 4) is 10.4 Å². The predicted octanol–water partition coefficient (Wildman–Crippen LogP) is 4.43. The van der Waals surface area contributed by atoms with Crippen LogP contribution in [0.4, 0.5) is 0 Å². The van der Waals surface area contributed by atoms with Gasteiger partial charge in [-0.15, -0.1) is 11.3 Å². The minimum Gasteiger partial charge on any atom is -0.391 e. The van der Waals surface area contributed by atoms with Crippen molar-refractivity contribution in [1.29, 1.82) is 0 Å². The SMILES string of the molecule is Cc1ncsc1-c1ccc(CNC(=O)C2CC(O)CN2C(=O)c2ccc(Cl)cc2Br)cc1. The maximum Gasteiger partial charge on any atom is 0.255 e. The van der Waals surface area contributed by atoms with Gasteiger partial charge < -0.3 is 15.3 Å². The summed E-state index contributed by atoms with van der Waals surface area (Å²) in [6, 6.07) is 12.1. The van der Waals surface area contributed by atoms with Crippen LogP contribution in [0.5, 0.6) is 0 Å². The fraction of sp³-hybridized carbons (Fsp3) is 0.261. The fourth-order valence-corrected chi connectivity index (χ4v) is 5.43. The molecule has 2 heterocycles. The topological polar surface area (TPSA) is 82.5 Å². The van der Waals surface area contributed by atoms with Crippen LogP contribution in [0, 0.1) is 6.92 Å². The van der Waals surface area contributed by atoms with Crippen molar-refractivity contribution in [3.63, 3.8) is 0 Å². The Labute approximate surface area is 203 Å². The number of hydrogen-bond acceptors (Lipinski definition) is 5. The molecular weight excluding hydrogens is 514 g/mol. The van der Waals surface area contributed by atoms with Crippen LogP contribution < -0.4 is 5.32 Å². The highest BCUT2D eigenvalue weighted by Crippen LogP contribution is 2.28. The van der Waals surface area contributed by atoms with Crippen LogP contribution in [0.2, 0.25) is 5.02 Å². The molecule has 6 nitrogen and oxygen atoms in total. The third-order valence-electron chi connectivity index (χ3n) is 5.43. The predicted molar refractivity (Wildman–Crippen MR) is 129 cm³/mol. The molecule has 0 spiro atoms. The van der Waals surface area contributed by atoms with Crippen molar-refractivity contribution in [2.24, 2.45) is 0 Å². The summed E-state index contributed by atoms with van der Waals surface area (Å²) in [6.45, 7) is 2.42. The Hall–Kier alpha value is -2.26. The minimum atomic E-state index is -0.747. The van der Waals surface area contributed by atoms with Crippen LogP contribution in [0.25, 0.3) is 10.4 Å². The zero-order valence-electron chi connectivity index (χ0n) is 17.2. The number of nitrogens with zero attached hydrogens (tertiary/aromatic N) is 2. The van der Waals surface area contributed by atoms with Gasteiger partial charge in [-0.1, -0.05) is 35.9 Å². The van der Waals surface area contributed by atoms with E-state index in [0.717, 1.165) is 21.7 Å². The van der Waals surface area contributed by atoms with Crippen LogP contribution in [-0.2, 0) is 11.3 Å². The summed E-state index contributed by atoms with van der Waals surface area (Å²) < 4.78 is 0.548. The maximum absolute atomic E-state index is 13.0. The Kier molecular flexibility index (Phi) is 6.95. The molecule has 166 valence electrons. The molecule has 1 aliphatic rings. The first-order chi connectivity index (χ1) is 15.3. The zero-order chi connectivity index (χ0) is 22.8. The second kappa shape index (κ2) is 9.70. The molecule has 0 saturated carbocycles. The molecule has 2 atom stereocenters. The third kappa shape index (κ3) is 4.88. The van der Waals surface area contributed by atoms with Crippen LogP contribution in [-0.4, -0.2) is 45.5 Å². The van der Waals surface area contributed by atoms with Crippen molar-refractivity contribution < 1.29 is 14.7 Å². The molecule has 2 unspecified atom stereocenters. The number of β-amino-alcohol motifs (C(OH)–C–C–N with tert-alkyl or cyclic N) is 1. The monoisotopic (exact) mass is 533 g/mol. The van der Waals surface area contributed by atoms with Gasteiger partial charge in [0.2, 0.25) is 5.91 Å². The lowest BCUT2D eigenvalue weighted by Gasteiger charge is -2.24. The number of aryl methyl sites for hydroxylation is 1. The Morgan fingerprint density at radius 1 is 1.28 bits per heavy atom. The number of carbonyl (C=O) groups excluding carboxylic acids is 2. The number of thiazole rings is 1. The van der Waals surface area contributed by atoms with E-state index in [4.69, 9.17) is 11.6 Å². The first kappa shape index (κ1) is 22.9. The van der Waals surface area contributed by atoms with E-state index in [1.807, 2.05) is 36.7 Å². The van der Waals surface area contributed by atoms with E-state index in [1.165, 1.54) is 4.90 Å². The summed E-state index contributed by atoms with van der Waals surface area (Å²) in [6.07, 6.45) is -0.547. The average Bonchev–Trinajstić information content (AvgIpc) is 3.37. The highest BCUT2D eigenvalue weighted by molar-refractivity contribution is 9.10. The molecule has 2 aromatic carbocycles. The lowest BCUT2D eigenvalue weighted by atomic mass is 10.1. The van der Waals surface area contributed by atoms with E-state index >= 15 is 0 Å². The fourth-order valence-electron chi connectivity index (χ4n) is 3.76. The molecule has 0 bridgehead atoms. The molecule has 1 saturated heterocycles. The average molecular weight is 535 g/mol. The quantitative estimate of drug-likeness (QED) is 0.507. The van der Waals surface area contributed by atoms with E-state index in [2.05, 4.69) is 26.2 Å². The summed E-state index contributed by atoms with van der Waals surface area (Å²) in [5.41, 5.74) is 5.25. The normalized spacial score (nSPS) is 18.1. The molecular formula is C23H21BrClN3O3S. The number of carbonyl (C=O) groups is 2. The van der Waals surface area contributed by atoms with Gasteiger partial charge in [-0.25, -0.2) is 4.98 Å². The smallest absolute Gasteiger partial charge is 0.255 e. The molecule has 1 aromatic heterocycles. The van der Waals surface area contributed by atoms with E-state index in [1.54, 1.807) is 29.5 Å². The lowest BCUT2D eigenvalue weighted by molar-refractivity contribution is -0.125. The van der Waals surface area contributed by atoms with Gasteiger partial charge in [0.1, 0.15) is 6.04 Å². The van der Waals surface area contributed by atoms with Gasteiger partial charge in [-0.3, -0.25) is 9.59 Å². The van der Waals surface area contributed by atoms with Crippen LogP contribution >= 0.6 is 38.9 Å². The van der Waals surface area contributed by atoms with Crippen LogP contribution in [0.15, 0.2) is 52.4 Å². The third-order valence-corrected chi connectivity index (χ3v) is 7.30. The first-order valence-corrected chi connectivity index (χ1v) is 12.1. The number of nitrogens with one attached hydrogen (secondary N) is 1. The summed E-state index contributed by atoms with van der Waals surface area (Å²) in [7, 11) is 0. The maximum atomic E-state index is 13.0. The Bertz CT molecular complexity index is 1150. The molecule has 2 N–H and O–H groups in total. The number of aliphatic hydroxyl groups is 1. The van der Waals surface area contributed by atoms with Crippen molar-refractivity contribution in [2.45, 2.75) is 32.0 Å². The number of rotatable bonds is 5. The lowest BCUT2D eigenvalue weighted by Crippen LogP contribution is -2.45. The molecule has 2 amide bonds. The van der Waals surface area contributed by atoms with E-state index in [9.17, 15) is 14.7 Å². The number of benzene rings is 2. The summed E-state index contributed by atoms with van der Waals surface area (Å²) >= 11 is 10.9. The van der Waals surface area contributed by atoms with Crippen molar-refractivity contribution >= 4 is 50.7 Å². The molecule has 1 aliphatic heterocycles. The Morgan fingerprint density at radius 3 is 2.69 bits per heavy atom. The first-order valence-electron chi connectivity index (χ1n) is 10.0. The summed E-state index contributed by atoms with van der Waals surface area (Å²) in [5.74, 6) is -0.614. The van der Waals surface area contributed by atoms with Crippen molar-refractivity contribution in [3.05, 3.63) is 74.3 Å². The second-order valence-corrected chi connectivity index (χ2v) is 9.81. The van der Waals surface area contributed by atoms with Crippen LogP contribution in [0.3, 0.4) is 0 Å². The zero-order valence-corrected chi connectivity index (χ0v) is 20.4. The summed E-state index contributed by atoms with van der Waals surface area (Å²) in [5, 5.41) is 13.5. The van der Waals surface area contributed by atoms with Gasteiger partial charge in [0.25, 0.3) is 5.91 Å². The molecule has 32 heavy (non-hydrogen) atoms. The largest absolute Gasteiger partial charge is 0.391 e. The van der Waals surface area contributed by atoms with Crippen LogP contribution in [0.1, 0.15) is 28.0 Å². The van der Waals surface area contributed by atoms with E-state index < -0.39 is 12.1 Å². The molecule has 4 rings (SSSR count). The minimum absolute atomic E-state index is 0.106. The van der Waals surface area contributed by atoms with Gasteiger partial charge in [0, 0.05) is 29.0 Å². The van der Waals surface area contributed by atoms with Gasteiger partial charge in [-0.05, 0) is 52.2 Å². The molecule has 9 heteroatoms. The number of halogens is 2. The number of aliphatic hydroxyl groups excluding tert-OH is 1. The van der Waals surface area contributed by atoms with Crippen molar-refractivity contribution in [2.75, 3.05) is 6.54 Å². The Balaban J connectivity index is 1.42. The molecule has 3 aromatic rings. The Morgan fingerprint density at radius 2 is 2.03 bits per heavy atom. The molecule has 0 aliphatic carbocycles. The summed E-state index contributed by atoms with van der Waals surface area (Å²) in [4.78, 5) is 32.8. The number of aromatic nitrogens is 1. The number of hydrogen-bond donors (Lipinski definition) is 2. The van der Waals surface area contributed by atoms with Gasteiger partial charge >= 0.3 is 0 Å². The molecule has 1 fully saturated rings. The highest BCUT2D eigenvalue weighted by Gasteiger charge is 2.39. The van der Waals surface area contributed by atoms with E-state index in [-0.39, 0.29) is 24.8 Å². The standard InChI is InChI=1S/C23H21BrClN3O3S/c1-13-21(32-12-27-13)15-4-2-14(3-5-15)10-26-22(30)20-9-17(29)11-28(20)23(31)18-7-6-16(25)8-19(18)24/h2-8,12,17,20,29H,9-11H2,1H3,(H,26,30). The van der Waals surface area contributed by atoms with Gasteiger partial charge in [-0.2, -0.15) is 0 Å². The van der Waals surface area contributed by atoms with Crippen molar-refractivity contribution in [1.82, 2.24) is 15.2 Å². The number of amides is 2. The number of likely N-dealkylation sites (tertiary alicyclic amines) is 1. The van der Waals surface area contributed by atoms with E-state index in [0.29, 0.717) is 21.6 Å². The van der Waals surface area contributed by atoms with Gasteiger partial charge in [0.05, 0.1) is 27.7 Å².